The Bertz CT molecular complexity index is 511. The lowest BCUT2D eigenvalue weighted by atomic mass is 10.2. The van der Waals surface area contributed by atoms with Crippen LogP contribution in [-0.2, 0) is 26.2 Å². The van der Waals surface area contributed by atoms with Crippen molar-refractivity contribution in [2.75, 3.05) is 13.6 Å². The molecule has 5 nitrogen and oxygen atoms in total. The van der Waals surface area contributed by atoms with Crippen LogP contribution in [0.15, 0.2) is 30.7 Å². The van der Waals surface area contributed by atoms with E-state index in [0.717, 1.165) is 44.2 Å². The summed E-state index contributed by atoms with van der Waals surface area (Å²) in [5.74, 6) is 1.15. The van der Waals surface area contributed by atoms with E-state index in [4.69, 9.17) is 0 Å². The van der Waals surface area contributed by atoms with Crippen LogP contribution in [-0.4, -0.2) is 33.0 Å². The summed E-state index contributed by atoms with van der Waals surface area (Å²) in [5, 5.41) is 3.34. The minimum atomic E-state index is 0.870. The van der Waals surface area contributed by atoms with Gasteiger partial charge in [-0.15, -0.1) is 0 Å². The van der Waals surface area contributed by atoms with Crippen LogP contribution in [0.25, 0.3) is 0 Å². The van der Waals surface area contributed by atoms with E-state index in [1.54, 1.807) is 6.20 Å². The molecule has 0 atom stereocenters. The van der Waals surface area contributed by atoms with Crippen LogP contribution in [0.1, 0.15) is 17.1 Å². The molecule has 0 spiro atoms. The number of imidazole rings is 1. The van der Waals surface area contributed by atoms with Crippen molar-refractivity contribution in [2.24, 2.45) is 0 Å². The number of pyridine rings is 1. The van der Waals surface area contributed by atoms with Crippen LogP contribution < -0.4 is 5.32 Å². The number of hydrogen-bond donors (Lipinski definition) is 1. The van der Waals surface area contributed by atoms with Gasteiger partial charge in [0, 0.05) is 44.8 Å². The van der Waals surface area contributed by atoms with E-state index >= 15 is 0 Å². The third kappa shape index (κ3) is 3.00. The smallest absolute Gasteiger partial charge is 0.123 e. The fourth-order valence-corrected chi connectivity index (χ4v) is 2.46. The van der Waals surface area contributed by atoms with Crippen molar-refractivity contribution in [3.8, 4) is 0 Å². The van der Waals surface area contributed by atoms with E-state index in [0.29, 0.717) is 0 Å². The summed E-state index contributed by atoms with van der Waals surface area (Å²) in [7, 11) is 2.11. The third-order valence-corrected chi connectivity index (χ3v) is 3.33. The predicted octanol–water partition coefficient (Wildman–Crippen LogP) is 1.01. The van der Waals surface area contributed by atoms with Gasteiger partial charge in [0.25, 0.3) is 0 Å². The molecule has 1 aliphatic rings. The first-order chi connectivity index (χ1) is 9.31. The maximum atomic E-state index is 4.68. The van der Waals surface area contributed by atoms with E-state index in [2.05, 4.69) is 44.1 Å². The molecule has 0 saturated carbocycles. The Balaban J connectivity index is 1.63. The molecule has 0 amide bonds. The molecule has 0 aliphatic carbocycles. The van der Waals surface area contributed by atoms with Crippen molar-refractivity contribution in [1.29, 1.82) is 0 Å². The summed E-state index contributed by atoms with van der Waals surface area (Å²) in [5.41, 5.74) is 2.38. The highest BCUT2D eigenvalue weighted by Gasteiger charge is 2.12. The monoisotopic (exact) mass is 257 g/mol. The summed E-state index contributed by atoms with van der Waals surface area (Å²) in [4.78, 5) is 11.1. The second kappa shape index (κ2) is 5.50. The third-order valence-electron chi connectivity index (χ3n) is 3.33. The second-order valence-corrected chi connectivity index (χ2v) is 5.05. The Kier molecular flexibility index (Phi) is 3.57. The average Bonchev–Trinajstić information content (AvgIpc) is 2.81. The number of aromatic nitrogens is 3. The second-order valence-electron chi connectivity index (χ2n) is 5.05. The van der Waals surface area contributed by atoms with E-state index < -0.39 is 0 Å². The SMILES string of the molecule is CN(Cc1cccnc1)Cc1cn2c(n1)CNCC2. The van der Waals surface area contributed by atoms with Crippen LogP contribution >= 0.6 is 0 Å². The van der Waals surface area contributed by atoms with Crippen LogP contribution in [0.5, 0.6) is 0 Å². The van der Waals surface area contributed by atoms with Gasteiger partial charge in [-0.3, -0.25) is 9.88 Å². The first-order valence-corrected chi connectivity index (χ1v) is 6.64. The molecular formula is C14H19N5. The number of nitrogens with one attached hydrogen (secondary N) is 1. The quantitative estimate of drug-likeness (QED) is 0.888. The van der Waals surface area contributed by atoms with Gasteiger partial charge < -0.3 is 9.88 Å². The van der Waals surface area contributed by atoms with E-state index in [9.17, 15) is 0 Å². The van der Waals surface area contributed by atoms with E-state index in [-0.39, 0.29) is 0 Å². The molecule has 3 rings (SSSR count). The van der Waals surface area contributed by atoms with Gasteiger partial charge in [-0.1, -0.05) is 6.07 Å². The molecule has 19 heavy (non-hydrogen) atoms. The Morgan fingerprint density at radius 2 is 2.37 bits per heavy atom. The summed E-state index contributed by atoms with van der Waals surface area (Å²) >= 11 is 0. The Labute approximate surface area is 113 Å². The largest absolute Gasteiger partial charge is 0.332 e. The van der Waals surface area contributed by atoms with Gasteiger partial charge in [0.05, 0.1) is 12.2 Å². The summed E-state index contributed by atoms with van der Waals surface area (Å²) in [6.07, 6.45) is 5.90. The number of hydrogen-bond acceptors (Lipinski definition) is 4. The maximum Gasteiger partial charge on any atom is 0.123 e. The Morgan fingerprint density at radius 1 is 1.42 bits per heavy atom. The van der Waals surface area contributed by atoms with Crippen LogP contribution in [0.4, 0.5) is 0 Å². The molecule has 1 aliphatic heterocycles. The Hall–Kier alpha value is -1.72. The zero-order valence-electron chi connectivity index (χ0n) is 11.2. The van der Waals surface area contributed by atoms with E-state index in [1.807, 2.05) is 12.3 Å². The van der Waals surface area contributed by atoms with Gasteiger partial charge in [-0.25, -0.2) is 4.98 Å². The maximum absolute atomic E-state index is 4.68. The zero-order valence-corrected chi connectivity index (χ0v) is 11.2. The lowest BCUT2D eigenvalue weighted by molar-refractivity contribution is 0.315. The average molecular weight is 257 g/mol. The fraction of sp³-hybridized carbons (Fsp3) is 0.429. The van der Waals surface area contributed by atoms with Crippen molar-refractivity contribution >= 4 is 0 Å². The lowest BCUT2D eigenvalue weighted by Gasteiger charge is -2.14. The topological polar surface area (TPSA) is 46.0 Å². The first kappa shape index (κ1) is 12.3. The van der Waals surface area contributed by atoms with Crippen molar-refractivity contribution < 1.29 is 0 Å². The Morgan fingerprint density at radius 3 is 3.16 bits per heavy atom. The fourth-order valence-electron chi connectivity index (χ4n) is 2.46. The predicted molar refractivity (Wildman–Crippen MR) is 73.3 cm³/mol. The van der Waals surface area contributed by atoms with Gasteiger partial charge in [-0.05, 0) is 18.7 Å². The van der Waals surface area contributed by atoms with Gasteiger partial charge >= 0.3 is 0 Å². The molecule has 2 aromatic rings. The van der Waals surface area contributed by atoms with Crippen molar-refractivity contribution in [3.63, 3.8) is 0 Å². The van der Waals surface area contributed by atoms with Crippen molar-refractivity contribution in [2.45, 2.75) is 26.2 Å². The highest BCUT2D eigenvalue weighted by atomic mass is 15.2. The van der Waals surface area contributed by atoms with Crippen molar-refractivity contribution in [1.82, 2.24) is 24.8 Å². The van der Waals surface area contributed by atoms with Gasteiger partial charge in [0.1, 0.15) is 5.82 Å². The summed E-state index contributed by atoms with van der Waals surface area (Å²) in [6.45, 7) is 4.71. The molecule has 0 radical (unpaired) electrons. The van der Waals surface area contributed by atoms with Crippen LogP contribution in [0.2, 0.25) is 0 Å². The van der Waals surface area contributed by atoms with Gasteiger partial charge in [0.2, 0.25) is 0 Å². The number of rotatable bonds is 4. The minimum Gasteiger partial charge on any atom is -0.332 e. The highest BCUT2D eigenvalue weighted by molar-refractivity contribution is 5.09. The highest BCUT2D eigenvalue weighted by Crippen LogP contribution is 2.10. The molecule has 1 N–H and O–H groups in total. The zero-order chi connectivity index (χ0) is 13.1. The molecule has 0 fully saturated rings. The molecule has 0 saturated heterocycles. The minimum absolute atomic E-state index is 0.870. The molecular weight excluding hydrogens is 238 g/mol. The summed E-state index contributed by atoms with van der Waals surface area (Å²) in [6, 6.07) is 4.08. The molecule has 0 aromatic carbocycles. The molecule has 0 bridgehead atoms. The molecule has 0 unspecified atom stereocenters. The van der Waals surface area contributed by atoms with Crippen molar-refractivity contribution in [3.05, 3.63) is 47.8 Å². The summed E-state index contributed by atoms with van der Waals surface area (Å²) < 4.78 is 2.25. The standard InChI is InChI=1S/C14H19N5/c1-18(9-12-3-2-4-15-7-12)10-13-11-19-6-5-16-8-14(19)17-13/h2-4,7,11,16H,5-6,8-10H2,1H3. The van der Waals surface area contributed by atoms with E-state index in [1.165, 1.54) is 5.56 Å². The van der Waals surface area contributed by atoms with Gasteiger partial charge in [-0.2, -0.15) is 0 Å². The molecule has 5 heteroatoms. The van der Waals surface area contributed by atoms with Crippen LogP contribution in [0, 0.1) is 0 Å². The number of fused-ring (bicyclic) bond motifs is 1. The van der Waals surface area contributed by atoms with Gasteiger partial charge in [0.15, 0.2) is 0 Å². The number of nitrogens with zero attached hydrogens (tertiary/aromatic N) is 4. The molecule has 3 heterocycles. The lowest BCUT2D eigenvalue weighted by Crippen LogP contribution is -2.27. The molecule has 100 valence electrons. The normalized spacial score (nSPS) is 14.6. The van der Waals surface area contributed by atoms with Crippen LogP contribution in [0.3, 0.4) is 0 Å². The first-order valence-electron chi connectivity index (χ1n) is 6.64. The molecule has 2 aromatic heterocycles.